The summed E-state index contributed by atoms with van der Waals surface area (Å²) in [5, 5.41) is 5.23. The highest BCUT2D eigenvalue weighted by Crippen LogP contribution is 2.27. The van der Waals surface area contributed by atoms with Gasteiger partial charge in [-0.2, -0.15) is 0 Å². The zero-order valence-corrected chi connectivity index (χ0v) is 18.1. The Labute approximate surface area is 176 Å². The molecule has 0 atom stereocenters. The first kappa shape index (κ1) is 20.4. The third-order valence-corrected chi connectivity index (χ3v) is 5.52. The van der Waals surface area contributed by atoms with E-state index in [-0.39, 0.29) is 12.5 Å². The molecule has 28 heavy (non-hydrogen) atoms. The summed E-state index contributed by atoms with van der Waals surface area (Å²) in [6, 6.07) is 13.4. The number of carbonyl (C=O) groups excluding carboxylic acids is 1. The molecule has 0 saturated carbocycles. The van der Waals surface area contributed by atoms with Crippen molar-refractivity contribution in [1.82, 2.24) is 4.98 Å². The van der Waals surface area contributed by atoms with Gasteiger partial charge in [0, 0.05) is 15.4 Å². The molecule has 2 aromatic carbocycles. The van der Waals surface area contributed by atoms with Gasteiger partial charge in [0.05, 0.1) is 12.3 Å². The summed E-state index contributed by atoms with van der Waals surface area (Å²) in [5.41, 5.74) is 2.84. The quantitative estimate of drug-likeness (QED) is 0.469. The lowest BCUT2D eigenvalue weighted by Crippen LogP contribution is -2.20. The maximum atomic E-state index is 12.1. The maximum absolute atomic E-state index is 12.1. The molecule has 1 N–H and O–H groups in total. The van der Waals surface area contributed by atoms with E-state index in [1.165, 1.54) is 11.3 Å². The number of thiazole rings is 1. The number of amides is 1. The Morgan fingerprint density at radius 2 is 1.89 bits per heavy atom. The van der Waals surface area contributed by atoms with Crippen molar-refractivity contribution in [2.24, 2.45) is 0 Å². The van der Waals surface area contributed by atoms with Crippen LogP contribution in [0.3, 0.4) is 0 Å². The van der Waals surface area contributed by atoms with Gasteiger partial charge in [0.1, 0.15) is 11.5 Å². The molecule has 0 spiro atoms. The molecule has 0 aliphatic carbocycles. The average molecular weight is 461 g/mol. The number of nitrogens with one attached hydrogen (secondary N) is 1. The highest BCUT2D eigenvalue weighted by molar-refractivity contribution is 9.10. The van der Waals surface area contributed by atoms with Crippen LogP contribution in [-0.2, 0) is 4.79 Å². The molecule has 3 rings (SSSR count). The van der Waals surface area contributed by atoms with Crippen molar-refractivity contribution in [2.75, 3.05) is 18.5 Å². The van der Waals surface area contributed by atoms with Crippen LogP contribution in [0.2, 0.25) is 0 Å². The Kier molecular flexibility index (Phi) is 7.06. The van der Waals surface area contributed by atoms with Crippen molar-refractivity contribution < 1.29 is 14.3 Å². The van der Waals surface area contributed by atoms with Gasteiger partial charge in [0.2, 0.25) is 0 Å². The van der Waals surface area contributed by atoms with Gasteiger partial charge in [-0.15, -0.1) is 11.3 Å². The molecule has 0 aliphatic heterocycles. The van der Waals surface area contributed by atoms with Crippen molar-refractivity contribution in [1.29, 1.82) is 0 Å². The van der Waals surface area contributed by atoms with Gasteiger partial charge in [0.15, 0.2) is 11.7 Å². The third kappa shape index (κ3) is 5.56. The van der Waals surface area contributed by atoms with Gasteiger partial charge in [-0.3, -0.25) is 10.1 Å². The number of carbonyl (C=O) groups is 1. The Balaban J connectivity index is 1.54. The van der Waals surface area contributed by atoms with E-state index in [2.05, 4.69) is 33.2 Å². The summed E-state index contributed by atoms with van der Waals surface area (Å²) in [6.45, 7) is 4.68. The van der Waals surface area contributed by atoms with Crippen LogP contribution in [-0.4, -0.2) is 24.1 Å². The van der Waals surface area contributed by atoms with Gasteiger partial charge in [0.25, 0.3) is 5.91 Å². The average Bonchev–Trinajstić information content (AvgIpc) is 3.16. The Morgan fingerprint density at radius 1 is 1.14 bits per heavy atom. The molecule has 0 saturated heterocycles. The van der Waals surface area contributed by atoms with Crippen LogP contribution in [0.15, 0.2) is 52.3 Å². The fourth-order valence-corrected chi connectivity index (χ4v) is 3.40. The topological polar surface area (TPSA) is 60.5 Å². The first-order chi connectivity index (χ1) is 13.5. The lowest BCUT2D eigenvalue weighted by molar-refractivity contribution is -0.118. The third-order valence-electron chi connectivity index (χ3n) is 3.87. The lowest BCUT2D eigenvalue weighted by atomic mass is 10.2. The van der Waals surface area contributed by atoms with Gasteiger partial charge < -0.3 is 9.47 Å². The SMILES string of the molecule is CCCOc1ccc(-c2csc(NC(=O)COc3ccc(Br)c(C)c3)n2)cc1. The van der Waals surface area contributed by atoms with Crippen molar-refractivity contribution in [3.63, 3.8) is 0 Å². The van der Waals surface area contributed by atoms with Crippen molar-refractivity contribution in [2.45, 2.75) is 20.3 Å². The highest BCUT2D eigenvalue weighted by atomic mass is 79.9. The molecule has 1 aromatic heterocycles. The van der Waals surface area contributed by atoms with E-state index in [4.69, 9.17) is 9.47 Å². The van der Waals surface area contributed by atoms with Crippen LogP contribution >= 0.6 is 27.3 Å². The zero-order valence-electron chi connectivity index (χ0n) is 15.7. The van der Waals surface area contributed by atoms with E-state index in [9.17, 15) is 4.79 Å². The molecule has 5 nitrogen and oxygen atoms in total. The standard InChI is InChI=1S/C21H21BrN2O3S/c1-3-10-26-16-6-4-15(5-7-16)19-13-28-21(23-19)24-20(25)12-27-17-8-9-18(22)14(2)11-17/h4-9,11,13H,3,10,12H2,1-2H3,(H,23,24,25). The predicted molar refractivity (Wildman–Crippen MR) is 116 cm³/mol. The van der Waals surface area contributed by atoms with Crippen LogP contribution in [0.1, 0.15) is 18.9 Å². The molecular formula is C21H21BrN2O3S. The number of hydrogen-bond acceptors (Lipinski definition) is 5. The molecule has 146 valence electrons. The number of anilines is 1. The molecule has 7 heteroatoms. The van der Waals surface area contributed by atoms with Gasteiger partial charge in [-0.25, -0.2) is 4.98 Å². The molecule has 0 bridgehead atoms. The molecule has 0 unspecified atom stereocenters. The second kappa shape index (κ2) is 9.71. The first-order valence-electron chi connectivity index (χ1n) is 8.92. The Bertz CT molecular complexity index is 941. The largest absolute Gasteiger partial charge is 0.494 e. The molecule has 0 aliphatic rings. The van der Waals surface area contributed by atoms with Gasteiger partial charge >= 0.3 is 0 Å². The highest BCUT2D eigenvalue weighted by Gasteiger charge is 2.09. The molecular weight excluding hydrogens is 440 g/mol. The van der Waals surface area contributed by atoms with Gasteiger partial charge in [-0.1, -0.05) is 22.9 Å². The number of benzene rings is 2. The summed E-state index contributed by atoms with van der Waals surface area (Å²) >= 11 is 4.82. The lowest BCUT2D eigenvalue weighted by Gasteiger charge is -2.07. The first-order valence-corrected chi connectivity index (χ1v) is 10.6. The molecule has 0 radical (unpaired) electrons. The summed E-state index contributed by atoms with van der Waals surface area (Å²) in [5.74, 6) is 1.25. The molecule has 0 fully saturated rings. The van der Waals surface area contributed by atoms with Crippen molar-refractivity contribution >= 4 is 38.3 Å². The second-order valence-electron chi connectivity index (χ2n) is 6.16. The van der Waals surface area contributed by atoms with E-state index in [0.717, 1.165) is 33.5 Å². The number of rotatable bonds is 8. The fourth-order valence-electron chi connectivity index (χ4n) is 2.42. The zero-order chi connectivity index (χ0) is 19.9. The molecule has 3 aromatic rings. The number of ether oxygens (including phenoxy) is 2. The smallest absolute Gasteiger partial charge is 0.264 e. The van der Waals surface area contributed by atoms with E-state index >= 15 is 0 Å². The second-order valence-corrected chi connectivity index (χ2v) is 7.87. The van der Waals surface area contributed by atoms with Crippen molar-refractivity contribution in [3.8, 4) is 22.8 Å². The van der Waals surface area contributed by atoms with E-state index < -0.39 is 0 Å². The van der Waals surface area contributed by atoms with Gasteiger partial charge in [-0.05, 0) is 61.4 Å². The van der Waals surface area contributed by atoms with E-state index in [1.54, 1.807) is 0 Å². The number of aromatic nitrogens is 1. The normalized spacial score (nSPS) is 10.5. The van der Waals surface area contributed by atoms with Crippen LogP contribution in [0, 0.1) is 6.92 Å². The monoisotopic (exact) mass is 460 g/mol. The van der Waals surface area contributed by atoms with Crippen LogP contribution in [0.4, 0.5) is 5.13 Å². The molecule has 1 heterocycles. The summed E-state index contributed by atoms with van der Waals surface area (Å²) < 4.78 is 12.1. The number of halogens is 1. The predicted octanol–water partition coefficient (Wildman–Crippen LogP) is 5.69. The summed E-state index contributed by atoms with van der Waals surface area (Å²) in [7, 11) is 0. The summed E-state index contributed by atoms with van der Waals surface area (Å²) in [6.07, 6.45) is 0.974. The Morgan fingerprint density at radius 3 is 2.61 bits per heavy atom. The van der Waals surface area contributed by atoms with Crippen LogP contribution in [0.5, 0.6) is 11.5 Å². The number of nitrogens with zero attached hydrogens (tertiary/aromatic N) is 1. The molecule has 1 amide bonds. The fraction of sp³-hybridized carbons (Fsp3) is 0.238. The number of hydrogen-bond donors (Lipinski definition) is 1. The minimum absolute atomic E-state index is 0.0700. The Hall–Kier alpha value is -2.38. The van der Waals surface area contributed by atoms with Crippen molar-refractivity contribution in [3.05, 3.63) is 57.9 Å². The minimum Gasteiger partial charge on any atom is -0.494 e. The maximum Gasteiger partial charge on any atom is 0.264 e. The summed E-state index contributed by atoms with van der Waals surface area (Å²) in [4.78, 5) is 16.6. The van der Waals surface area contributed by atoms with Crippen LogP contribution < -0.4 is 14.8 Å². The minimum atomic E-state index is -0.246. The van der Waals surface area contributed by atoms with E-state index in [0.29, 0.717) is 17.5 Å². The van der Waals surface area contributed by atoms with Crippen LogP contribution in [0.25, 0.3) is 11.3 Å². The number of aryl methyl sites for hydroxylation is 1. The van der Waals surface area contributed by atoms with E-state index in [1.807, 2.05) is 54.8 Å².